The number of hydrogen-bond donors (Lipinski definition) is 1. The standard InChI is InChI=1S/C7H14N4S/c1-11-7(9-6-10-11)5-8-3-4-12-2/h6,8H,3-5H2,1-2H3. The average Bonchev–Trinajstić information content (AvgIpc) is 2.46. The van der Waals surface area contributed by atoms with Gasteiger partial charge < -0.3 is 5.32 Å². The second-order valence-corrected chi connectivity index (χ2v) is 3.46. The van der Waals surface area contributed by atoms with Crippen LogP contribution in [0.15, 0.2) is 6.33 Å². The summed E-state index contributed by atoms with van der Waals surface area (Å²) in [5, 5.41) is 7.26. The largest absolute Gasteiger partial charge is 0.309 e. The van der Waals surface area contributed by atoms with Crippen LogP contribution in [-0.2, 0) is 13.6 Å². The van der Waals surface area contributed by atoms with Gasteiger partial charge in [-0.3, -0.25) is 4.68 Å². The molecule has 1 N–H and O–H groups in total. The van der Waals surface area contributed by atoms with Crippen molar-refractivity contribution in [1.29, 1.82) is 0 Å². The average molecular weight is 186 g/mol. The lowest BCUT2D eigenvalue weighted by molar-refractivity contribution is 0.632. The number of aromatic nitrogens is 3. The van der Waals surface area contributed by atoms with Gasteiger partial charge in [0.05, 0.1) is 6.54 Å². The maximum absolute atomic E-state index is 4.10. The summed E-state index contributed by atoms with van der Waals surface area (Å²) in [6, 6.07) is 0. The first kappa shape index (κ1) is 9.54. The molecular weight excluding hydrogens is 172 g/mol. The van der Waals surface area contributed by atoms with E-state index in [9.17, 15) is 0 Å². The van der Waals surface area contributed by atoms with Crippen LogP contribution in [0.1, 0.15) is 5.82 Å². The summed E-state index contributed by atoms with van der Waals surface area (Å²) < 4.78 is 1.78. The summed E-state index contributed by atoms with van der Waals surface area (Å²) in [4.78, 5) is 4.10. The number of nitrogens with one attached hydrogen (secondary N) is 1. The van der Waals surface area contributed by atoms with Gasteiger partial charge in [0.2, 0.25) is 0 Å². The van der Waals surface area contributed by atoms with Crippen LogP contribution >= 0.6 is 11.8 Å². The molecule has 0 spiro atoms. The number of aryl methyl sites for hydroxylation is 1. The Hall–Kier alpha value is -0.550. The summed E-state index contributed by atoms with van der Waals surface area (Å²) in [5.74, 6) is 2.12. The van der Waals surface area contributed by atoms with Crippen molar-refractivity contribution in [2.75, 3.05) is 18.6 Å². The lowest BCUT2D eigenvalue weighted by Gasteiger charge is -2.01. The molecule has 0 amide bonds. The van der Waals surface area contributed by atoms with Gasteiger partial charge in [-0.15, -0.1) is 0 Å². The van der Waals surface area contributed by atoms with Crippen LogP contribution < -0.4 is 5.32 Å². The van der Waals surface area contributed by atoms with E-state index < -0.39 is 0 Å². The van der Waals surface area contributed by atoms with Gasteiger partial charge in [-0.2, -0.15) is 16.9 Å². The zero-order chi connectivity index (χ0) is 8.81. The molecule has 0 aliphatic heterocycles. The first-order valence-electron chi connectivity index (χ1n) is 3.87. The van der Waals surface area contributed by atoms with Crippen molar-refractivity contribution in [3.63, 3.8) is 0 Å². The predicted molar refractivity (Wildman–Crippen MR) is 51.1 cm³/mol. The van der Waals surface area contributed by atoms with Crippen molar-refractivity contribution in [1.82, 2.24) is 20.1 Å². The lowest BCUT2D eigenvalue weighted by atomic mass is 10.5. The smallest absolute Gasteiger partial charge is 0.140 e. The predicted octanol–water partition coefficient (Wildman–Crippen LogP) is 0.268. The van der Waals surface area contributed by atoms with Gasteiger partial charge in [0.1, 0.15) is 12.2 Å². The molecule has 0 aliphatic rings. The fraction of sp³-hybridized carbons (Fsp3) is 0.714. The first-order chi connectivity index (χ1) is 5.84. The number of thioether (sulfide) groups is 1. The van der Waals surface area contributed by atoms with Crippen LogP contribution in [0.4, 0.5) is 0 Å². The highest BCUT2D eigenvalue weighted by Crippen LogP contribution is 1.91. The Morgan fingerprint density at radius 2 is 2.50 bits per heavy atom. The summed E-state index contributed by atoms with van der Waals surface area (Å²) in [6.07, 6.45) is 3.68. The van der Waals surface area contributed by atoms with Crippen molar-refractivity contribution in [2.45, 2.75) is 6.54 Å². The molecule has 5 heteroatoms. The molecule has 0 atom stereocenters. The Labute approximate surface area is 76.8 Å². The van der Waals surface area contributed by atoms with Crippen LogP contribution in [0.5, 0.6) is 0 Å². The minimum Gasteiger partial charge on any atom is -0.309 e. The highest BCUT2D eigenvalue weighted by molar-refractivity contribution is 7.98. The van der Waals surface area contributed by atoms with Gasteiger partial charge >= 0.3 is 0 Å². The third kappa shape index (κ3) is 2.83. The number of hydrogen-bond acceptors (Lipinski definition) is 4. The maximum atomic E-state index is 4.10. The van der Waals surface area contributed by atoms with E-state index in [1.165, 1.54) is 0 Å². The van der Waals surface area contributed by atoms with Crippen LogP contribution in [-0.4, -0.2) is 33.3 Å². The summed E-state index contributed by atoms with van der Waals surface area (Å²) >= 11 is 1.84. The topological polar surface area (TPSA) is 42.7 Å². The maximum Gasteiger partial charge on any atom is 0.140 e. The Kier molecular flexibility index (Phi) is 4.10. The number of rotatable bonds is 5. The van der Waals surface area contributed by atoms with Crippen molar-refractivity contribution in [2.24, 2.45) is 7.05 Å². The van der Waals surface area contributed by atoms with E-state index in [4.69, 9.17) is 0 Å². The zero-order valence-corrected chi connectivity index (χ0v) is 8.27. The minimum atomic E-state index is 0.803. The van der Waals surface area contributed by atoms with Gasteiger partial charge in [0.25, 0.3) is 0 Å². The van der Waals surface area contributed by atoms with E-state index in [-0.39, 0.29) is 0 Å². The SMILES string of the molecule is CSCCNCc1ncnn1C. The molecule has 0 fully saturated rings. The van der Waals surface area contributed by atoms with Gasteiger partial charge in [0.15, 0.2) is 0 Å². The van der Waals surface area contributed by atoms with Gasteiger partial charge in [-0.1, -0.05) is 0 Å². The van der Waals surface area contributed by atoms with Crippen molar-refractivity contribution in [3.8, 4) is 0 Å². The lowest BCUT2D eigenvalue weighted by Crippen LogP contribution is -2.19. The molecule has 0 unspecified atom stereocenters. The second kappa shape index (κ2) is 5.16. The summed E-state index contributed by atoms with van der Waals surface area (Å²) in [6.45, 7) is 1.82. The molecule has 1 heterocycles. The fourth-order valence-electron chi connectivity index (χ4n) is 0.855. The van der Waals surface area contributed by atoms with Gasteiger partial charge in [-0.05, 0) is 6.26 Å². The van der Waals surface area contributed by atoms with Crippen LogP contribution in [0.25, 0.3) is 0 Å². The molecule has 0 bridgehead atoms. The van der Waals surface area contributed by atoms with Crippen LogP contribution in [0.3, 0.4) is 0 Å². The zero-order valence-electron chi connectivity index (χ0n) is 7.45. The van der Waals surface area contributed by atoms with E-state index in [0.29, 0.717) is 0 Å². The molecule has 0 aliphatic carbocycles. The highest BCUT2D eigenvalue weighted by atomic mass is 32.2. The minimum absolute atomic E-state index is 0.803. The van der Waals surface area contributed by atoms with Crippen molar-refractivity contribution < 1.29 is 0 Å². The third-order valence-electron chi connectivity index (χ3n) is 1.57. The van der Waals surface area contributed by atoms with Gasteiger partial charge in [-0.25, -0.2) is 4.98 Å². The third-order valence-corrected chi connectivity index (χ3v) is 2.18. The molecule has 0 radical (unpaired) electrons. The van der Waals surface area contributed by atoms with Crippen LogP contribution in [0.2, 0.25) is 0 Å². The Morgan fingerprint density at radius 1 is 1.67 bits per heavy atom. The molecule has 0 saturated carbocycles. The summed E-state index contributed by atoms with van der Waals surface area (Å²) in [7, 11) is 1.90. The molecule has 4 nitrogen and oxygen atoms in total. The number of nitrogens with zero attached hydrogens (tertiary/aromatic N) is 3. The molecule has 12 heavy (non-hydrogen) atoms. The van der Waals surface area contributed by atoms with Crippen molar-refractivity contribution in [3.05, 3.63) is 12.2 Å². The Bertz CT molecular complexity index is 223. The van der Waals surface area contributed by atoms with E-state index in [2.05, 4.69) is 21.7 Å². The fourth-order valence-corrected chi connectivity index (χ4v) is 1.20. The first-order valence-corrected chi connectivity index (χ1v) is 5.26. The molecule has 68 valence electrons. The van der Waals surface area contributed by atoms with Gasteiger partial charge in [0, 0.05) is 19.3 Å². The summed E-state index contributed by atoms with van der Waals surface area (Å²) in [5.41, 5.74) is 0. The Balaban J connectivity index is 2.20. The second-order valence-electron chi connectivity index (χ2n) is 2.47. The molecule has 0 saturated heterocycles. The van der Waals surface area contributed by atoms with E-state index in [1.807, 2.05) is 18.8 Å². The monoisotopic (exact) mass is 186 g/mol. The van der Waals surface area contributed by atoms with Crippen LogP contribution in [0, 0.1) is 0 Å². The van der Waals surface area contributed by atoms with E-state index in [1.54, 1.807) is 11.0 Å². The highest BCUT2D eigenvalue weighted by Gasteiger charge is 1.97. The molecule has 0 aromatic carbocycles. The molecule has 1 rings (SSSR count). The Morgan fingerprint density at radius 3 is 3.08 bits per heavy atom. The molecule has 1 aromatic heterocycles. The molecular formula is C7H14N4S. The van der Waals surface area contributed by atoms with E-state index in [0.717, 1.165) is 24.7 Å². The molecule has 1 aromatic rings. The quantitative estimate of drug-likeness (QED) is 0.670. The van der Waals surface area contributed by atoms with Crippen molar-refractivity contribution >= 4 is 11.8 Å². The normalized spacial score (nSPS) is 10.5. The van der Waals surface area contributed by atoms with E-state index >= 15 is 0 Å².